The van der Waals surface area contributed by atoms with E-state index in [1.165, 1.54) is 0 Å². The lowest BCUT2D eigenvalue weighted by Crippen LogP contribution is -2.31. The number of aromatic nitrogens is 3. The fourth-order valence-corrected chi connectivity index (χ4v) is 4.39. The summed E-state index contributed by atoms with van der Waals surface area (Å²) in [7, 11) is 1.99. The average molecular weight is 438 g/mol. The molecule has 1 aliphatic heterocycles. The molecule has 7 heteroatoms. The number of nitrogens with zero attached hydrogens (tertiary/aromatic N) is 3. The van der Waals surface area contributed by atoms with Gasteiger partial charge in [0, 0.05) is 30.7 Å². The van der Waals surface area contributed by atoms with E-state index in [9.17, 15) is 4.79 Å². The molecule has 0 aliphatic carbocycles. The topological polar surface area (TPSA) is 72.4 Å². The van der Waals surface area contributed by atoms with E-state index < -0.39 is 0 Å². The van der Waals surface area contributed by atoms with Crippen LogP contribution in [0.2, 0.25) is 0 Å². The minimum absolute atomic E-state index is 0.0582. The molecule has 0 saturated carbocycles. The highest BCUT2D eigenvalue weighted by Gasteiger charge is 2.23. The van der Waals surface area contributed by atoms with Crippen molar-refractivity contribution in [2.45, 2.75) is 13.1 Å². The zero-order chi connectivity index (χ0) is 22.4. The van der Waals surface area contributed by atoms with E-state index in [0.29, 0.717) is 24.4 Å². The van der Waals surface area contributed by atoms with Crippen molar-refractivity contribution >= 4 is 27.8 Å². The number of hydrogen-bond acceptors (Lipinski definition) is 4. The molecule has 1 aliphatic rings. The number of H-pyrrole nitrogens is 1. The molecule has 1 amide bonds. The number of imidazole rings is 1. The molecule has 5 aromatic rings. The third-order valence-corrected chi connectivity index (χ3v) is 6.13. The third-order valence-electron chi connectivity index (χ3n) is 6.13. The molecule has 0 saturated heterocycles. The lowest BCUT2D eigenvalue weighted by molar-refractivity contribution is 0.0726. The number of aromatic amines is 1. The number of ether oxygens (including phenoxy) is 2. The number of fused-ring (bicyclic) bond motifs is 3. The van der Waals surface area contributed by atoms with E-state index in [1.54, 1.807) is 6.20 Å². The summed E-state index contributed by atoms with van der Waals surface area (Å²) in [6, 6.07) is 21.6. The van der Waals surface area contributed by atoms with Gasteiger partial charge in [0.05, 0.1) is 23.1 Å². The number of carbonyl (C=O) groups excluding carboxylic acids is 1. The van der Waals surface area contributed by atoms with Crippen molar-refractivity contribution in [1.82, 2.24) is 19.4 Å². The van der Waals surface area contributed by atoms with Gasteiger partial charge in [-0.05, 0) is 35.9 Å². The van der Waals surface area contributed by atoms with Crippen LogP contribution in [0.25, 0.3) is 21.9 Å². The van der Waals surface area contributed by atoms with Gasteiger partial charge in [-0.15, -0.1) is 0 Å². The Morgan fingerprint density at radius 2 is 1.85 bits per heavy atom. The Bertz CT molecular complexity index is 1500. The summed E-state index contributed by atoms with van der Waals surface area (Å²) in [5.74, 6) is 2.20. The number of para-hydroxylation sites is 3. The monoisotopic (exact) mass is 438 g/mol. The SMILES string of the molecule is Cn1c(CN(Cc2ccc3c(c2)OCO3)C(=O)c2c[nH]c3ccccc23)nc2ccccc21. The van der Waals surface area contributed by atoms with Gasteiger partial charge in [-0.1, -0.05) is 36.4 Å². The van der Waals surface area contributed by atoms with Crippen LogP contribution in [0.5, 0.6) is 11.5 Å². The number of carbonyl (C=O) groups is 1. The van der Waals surface area contributed by atoms with Crippen LogP contribution < -0.4 is 9.47 Å². The van der Waals surface area contributed by atoms with Crippen molar-refractivity contribution in [2.75, 3.05) is 6.79 Å². The smallest absolute Gasteiger partial charge is 0.256 e. The van der Waals surface area contributed by atoms with Crippen LogP contribution in [0.3, 0.4) is 0 Å². The van der Waals surface area contributed by atoms with Crippen LogP contribution >= 0.6 is 0 Å². The fraction of sp³-hybridized carbons (Fsp3) is 0.154. The maximum Gasteiger partial charge on any atom is 0.256 e. The van der Waals surface area contributed by atoms with E-state index in [-0.39, 0.29) is 12.7 Å². The fourth-order valence-electron chi connectivity index (χ4n) is 4.39. The molecule has 0 radical (unpaired) electrons. The summed E-state index contributed by atoms with van der Waals surface area (Å²) in [4.78, 5) is 23.6. The second kappa shape index (κ2) is 7.70. The molecule has 3 aromatic carbocycles. The van der Waals surface area contributed by atoms with Gasteiger partial charge in [-0.25, -0.2) is 4.98 Å². The quantitative estimate of drug-likeness (QED) is 0.434. The minimum atomic E-state index is -0.0582. The highest BCUT2D eigenvalue weighted by atomic mass is 16.7. The third kappa shape index (κ3) is 3.38. The number of nitrogens with one attached hydrogen (secondary N) is 1. The zero-order valence-electron chi connectivity index (χ0n) is 18.1. The van der Waals surface area contributed by atoms with Gasteiger partial charge in [0.1, 0.15) is 5.82 Å². The van der Waals surface area contributed by atoms with Crippen LogP contribution in [-0.4, -0.2) is 32.1 Å². The summed E-state index contributed by atoms with van der Waals surface area (Å²) in [5, 5.41) is 0.906. The first kappa shape index (κ1) is 19.4. The summed E-state index contributed by atoms with van der Waals surface area (Å²) >= 11 is 0. The summed E-state index contributed by atoms with van der Waals surface area (Å²) in [5.41, 5.74) is 4.50. The lowest BCUT2D eigenvalue weighted by Gasteiger charge is -2.23. The minimum Gasteiger partial charge on any atom is -0.454 e. The molecule has 0 unspecified atom stereocenters. The van der Waals surface area contributed by atoms with Crippen LogP contribution in [0, 0.1) is 0 Å². The lowest BCUT2D eigenvalue weighted by atomic mass is 10.1. The first-order chi connectivity index (χ1) is 16.2. The predicted molar refractivity (Wildman–Crippen MR) is 125 cm³/mol. The number of amides is 1. The van der Waals surface area contributed by atoms with Gasteiger partial charge < -0.3 is 23.9 Å². The number of rotatable bonds is 5. The van der Waals surface area contributed by atoms with Crippen molar-refractivity contribution in [1.29, 1.82) is 0 Å². The Hall–Kier alpha value is -4.26. The highest BCUT2D eigenvalue weighted by molar-refractivity contribution is 6.06. The van der Waals surface area contributed by atoms with E-state index in [2.05, 4.69) is 4.98 Å². The van der Waals surface area contributed by atoms with Gasteiger partial charge in [-0.3, -0.25) is 4.79 Å². The molecule has 33 heavy (non-hydrogen) atoms. The van der Waals surface area contributed by atoms with E-state index >= 15 is 0 Å². The molecule has 2 aromatic heterocycles. The van der Waals surface area contributed by atoms with Gasteiger partial charge in [0.2, 0.25) is 6.79 Å². The second-order valence-corrected chi connectivity index (χ2v) is 8.17. The van der Waals surface area contributed by atoms with E-state index in [4.69, 9.17) is 14.5 Å². The Morgan fingerprint density at radius 3 is 2.76 bits per heavy atom. The largest absolute Gasteiger partial charge is 0.454 e. The van der Waals surface area contributed by atoms with Crippen LogP contribution in [-0.2, 0) is 20.1 Å². The summed E-state index contributed by atoms with van der Waals surface area (Å²) < 4.78 is 13.0. The molecule has 3 heterocycles. The zero-order valence-corrected chi connectivity index (χ0v) is 18.1. The first-order valence-corrected chi connectivity index (χ1v) is 10.8. The van der Waals surface area contributed by atoms with Gasteiger partial charge in [0.25, 0.3) is 5.91 Å². The normalized spacial score (nSPS) is 12.5. The summed E-state index contributed by atoms with van der Waals surface area (Å²) in [6.45, 7) is 1.01. The summed E-state index contributed by atoms with van der Waals surface area (Å²) in [6.07, 6.45) is 1.79. The van der Waals surface area contributed by atoms with Crippen molar-refractivity contribution in [2.24, 2.45) is 7.05 Å². The molecule has 0 fully saturated rings. The first-order valence-electron chi connectivity index (χ1n) is 10.8. The molecule has 7 nitrogen and oxygen atoms in total. The number of aryl methyl sites for hydroxylation is 1. The molecule has 164 valence electrons. The maximum absolute atomic E-state index is 13.8. The standard InChI is InChI=1S/C26H22N4O3/c1-29-22-9-5-4-8-21(22)28-25(29)15-30(14-17-10-11-23-24(12-17)33-16-32-23)26(31)19-13-27-20-7-3-2-6-18(19)20/h2-13,27H,14-16H2,1H3. The maximum atomic E-state index is 13.8. The average Bonchev–Trinajstić information content (AvgIpc) is 3.56. The Kier molecular flexibility index (Phi) is 4.54. The number of benzene rings is 3. The van der Waals surface area contributed by atoms with Gasteiger partial charge in [0.15, 0.2) is 11.5 Å². The van der Waals surface area contributed by atoms with Gasteiger partial charge >= 0.3 is 0 Å². The van der Waals surface area contributed by atoms with Crippen LogP contribution in [0.4, 0.5) is 0 Å². The van der Waals surface area contributed by atoms with E-state index in [1.807, 2.05) is 83.2 Å². The van der Waals surface area contributed by atoms with Crippen molar-refractivity contribution in [3.05, 3.63) is 89.9 Å². The molecular formula is C26H22N4O3. The molecule has 0 bridgehead atoms. The van der Waals surface area contributed by atoms with Crippen molar-refractivity contribution in [3.63, 3.8) is 0 Å². The van der Waals surface area contributed by atoms with E-state index in [0.717, 1.165) is 39.1 Å². The second-order valence-electron chi connectivity index (χ2n) is 8.17. The van der Waals surface area contributed by atoms with Crippen LogP contribution in [0.15, 0.2) is 72.9 Å². The molecular weight excluding hydrogens is 416 g/mol. The Labute approximate surface area is 190 Å². The van der Waals surface area contributed by atoms with Crippen molar-refractivity contribution in [3.8, 4) is 11.5 Å². The molecule has 6 rings (SSSR count). The Morgan fingerprint density at radius 1 is 1.03 bits per heavy atom. The highest BCUT2D eigenvalue weighted by Crippen LogP contribution is 2.33. The predicted octanol–water partition coefficient (Wildman–Crippen LogP) is 4.63. The van der Waals surface area contributed by atoms with Crippen LogP contribution in [0.1, 0.15) is 21.7 Å². The van der Waals surface area contributed by atoms with Gasteiger partial charge in [-0.2, -0.15) is 0 Å². The molecule has 1 N–H and O–H groups in total. The molecule has 0 atom stereocenters. The van der Waals surface area contributed by atoms with Crippen molar-refractivity contribution < 1.29 is 14.3 Å². The number of hydrogen-bond donors (Lipinski definition) is 1. The molecule has 0 spiro atoms. The Balaban J connectivity index is 1.39.